The molecule has 0 saturated heterocycles. The van der Waals surface area contributed by atoms with Crippen molar-refractivity contribution in [2.24, 2.45) is 0 Å². The van der Waals surface area contributed by atoms with Crippen LogP contribution >= 0.6 is 0 Å². The third-order valence-corrected chi connectivity index (χ3v) is 11.8. The minimum absolute atomic E-state index is 0. The zero-order valence-electron chi connectivity index (χ0n) is 31.8. The Balaban J connectivity index is 0.000000228. The molecule has 4 aromatic rings. The summed E-state index contributed by atoms with van der Waals surface area (Å²) >= 11 is 1.54. The average molecular weight is 769 g/mol. The van der Waals surface area contributed by atoms with Crippen LogP contribution in [-0.2, 0) is 53.3 Å². The van der Waals surface area contributed by atoms with Crippen LogP contribution in [0, 0.1) is 13.0 Å². The zero-order valence-corrected chi connectivity index (χ0v) is 35.8. The van der Waals surface area contributed by atoms with Gasteiger partial charge in [-0.25, -0.2) is 11.6 Å². The molecule has 0 bridgehead atoms. The molecule has 0 radical (unpaired) electrons. The second kappa shape index (κ2) is 15.6. The van der Waals surface area contributed by atoms with Crippen LogP contribution in [0.5, 0.6) is 0 Å². The first-order valence-corrected chi connectivity index (χ1v) is 18.8. The molecule has 0 N–H and O–H groups in total. The SMILES string of the molecule is CC1=[C-]C(C)(C)c2cc3c(cc21)-c1cc2c(cc1C3)C(C)(C)C=C2C.CC[C](=[Zr+2])c1ccccc1.CCc1[cH-]c(C)cc1C(C)(C)C.[Cl-].[Cl-]. The topological polar surface area (TPSA) is 0 Å². The maximum atomic E-state index is 3.65. The quantitative estimate of drug-likeness (QED) is 0.192. The first-order valence-electron chi connectivity index (χ1n) is 17.5. The predicted octanol–water partition coefficient (Wildman–Crippen LogP) is 6.20. The van der Waals surface area contributed by atoms with Crippen LogP contribution in [0.15, 0.2) is 72.8 Å². The Bertz CT molecular complexity index is 1800. The number of rotatable bonds is 3. The van der Waals surface area contributed by atoms with Gasteiger partial charge in [0.05, 0.1) is 0 Å². The van der Waals surface area contributed by atoms with E-state index < -0.39 is 0 Å². The first kappa shape index (κ1) is 41.2. The summed E-state index contributed by atoms with van der Waals surface area (Å²) in [5.41, 5.74) is 20.7. The Hall–Kier alpha value is -2.18. The van der Waals surface area contributed by atoms with E-state index in [2.05, 4.69) is 162 Å². The van der Waals surface area contributed by atoms with Gasteiger partial charge in [-0.1, -0.05) is 105 Å². The largest absolute Gasteiger partial charge is 1.00 e. The summed E-state index contributed by atoms with van der Waals surface area (Å²) in [5, 5.41) is 0. The number of allylic oxidation sites excluding steroid dienone is 4. The number of fused-ring (bicyclic) bond motifs is 5. The summed E-state index contributed by atoms with van der Waals surface area (Å²) < 4.78 is 1.55. The van der Waals surface area contributed by atoms with E-state index in [0.29, 0.717) is 5.41 Å². The van der Waals surface area contributed by atoms with Crippen molar-refractivity contribution >= 4 is 14.4 Å². The molecule has 0 fully saturated rings. The van der Waals surface area contributed by atoms with E-state index in [9.17, 15) is 0 Å². The van der Waals surface area contributed by atoms with E-state index in [1.807, 2.05) is 0 Å². The van der Waals surface area contributed by atoms with Gasteiger partial charge in [0.1, 0.15) is 0 Å². The van der Waals surface area contributed by atoms with Crippen molar-refractivity contribution in [3.8, 4) is 11.1 Å². The summed E-state index contributed by atoms with van der Waals surface area (Å²) in [6, 6.07) is 25.0. The van der Waals surface area contributed by atoms with E-state index in [-0.39, 0.29) is 35.6 Å². The maximum absolute atomic E-state index is 3.65. The fraction of sp³-hybridized carbons (Fsp3) is 0.391. The molecular weight excluding hydrogens is 715 g/mol. The van der Waals surface area contributed by atoms with Gasteiger partial charge in [-0.3, -0.25) is 6.08 Å². The van der Waals surface area contributed by atoms with Gasteiger partial charge in [-0.05, 0) is 58.4 Å². The first-order chi connectivity index (χ1) is 22.0. The van der Waals surface area contributed by atoms with Crippen LogP contribution in [0.25, 0.3) is 22.3 Å². The van der Waals surface area contributed by atoms with E-state index in [1.54, 1.807) is 3.21 Å². The molecular formula is C46H54Cl2Zr-2. The zero-order chi connectivity index (χ0) is 34.5. The average Bonchev–Trinajstić information content (AvgIpc) is 3.70. The summed E-state index contributed by atoms with van der Waals surface area (Å²) in [6.45, 7) is 27.1. The van der Waals surface area contributed by atoms with Gasteiger partial charge in [0.25, 0.3) is 0 Å². The standard InChI is InChI=1S/C25H25.C12H19.C9H10.2ClH.Zr/c1-14-12-24(3,4)22-8-16-7-17-9-23-19(15(2)13-25(23,5)6)11-21(17)20(16)10-18(14)22;1-6-10-7-9(2)8-11(10)12(3,4)5;1-2-6-9-7-4-3-5-8-9;;;/h8-12H,7H2,1-6H3;7-8H,6H2,1-5H3;3-5,7-8H,2H2,1H3;2*1H;/q2*-1;;;;+2/p-2. The van der Waals surface area contributed by atoms with Crippen LogP contribution in [0.3, 0.4) is 0 Å². The third-order valence-electron chi connectivity index (χ3n) is 10.2. The van der Waals surface area contributed by atoms with Gasteiger partial charge >= 0.3 is 76.7 Å². The van der Waals surface area contributed by atoms with Crippen LogP contribution in [0.2, 0.25) is 0 Å². The van der Waals surface area contributed by atoms with Gasteiger partial charge in [-0.2, -0.15) is 28.3 Å². The maximum Gasteiger partial charge on any atom is -0.0540 e. The fourth-order valence-corrected chi connectivity index (χ4v) is 8.23. The van der Waals surface area contributed by atoms with Crippen molar-refractivity contribution in [2.75, 3.05) is 0 Å². The number of hydrogen-bond acceptors (Lipinski definition) is 0. The molecule has 0 aromatic heterocycles. The molecule has 0 spiro atoms. The molecule has 7 rings (SSSR count). The normalized spacial score (nSPS) is 15.4. The number of aryl methyl sites for hydroxylation is 2. The monoisotopic (exact) mass is 766 g/mol. The van der Waals surface area contributed by atoms with Crippen molar-refractivity contribution in [3.05, 3.63) is 135 Å². The molecule has 4 aromatic carbocycles. The van der Waals surface area contributed by atoms with Crippen molar-refractivity contribution < 1.29 is 49.0 Å². The second-order valence-corrected chi connectivity index (χ2v) is 17.5. The molecule has 0 heterocycles. The molecule has 3 heteroatoms. The smallest absolute Gasteiger partial charge is 0.0540 e. The van der Waals surface area contributed by atoms with Crippen LogP contribution < -0.4 is 24.8 Å². The van der Waals surface area contributed by atoms with Crippen molar-refractivity contribution in [1.29, 1.82) is 0 Å². The third kappa shape index (κ3) is 8.49. The van der Waals surface area contributed by atoms with Crippen LogP contribution in [0.1, 0.15) is 138 Å². The van der Waals surface area contributed by atoms with Gasteiger partial charge in [0.15, 0.2) is 0 Å². The number of benzene rings is 3. The molecule has 0 saturated carbocycles. The molecule has 0 aliphatic heterocycles. The van der Waals surface area contributed by atoms with E-state index >= 15 is 0 Å². The fourth-order valence-electron chi connectivity index (χ4n) is 7.82. The molecule has 0 unspecified atom stereocenters. The molecule has 258 valence electrons. The Morgan fingerprint density at radius 1 is 0.796 bits per heavy atom. The summed E-state index contributed by atoms with van der Waals surface area (Å²) in [5.74, 6) is 0. The van der Waals surface area contributed by atoms with Crippen molar-refractivity contribution in [2.45, 2.75) is 119 Å². The summed E-state index contributed by atoms with van der Waals surface area (Å²) in [7, 11) is 0. The van der Waals surface area contributed by atoms with Gasteiger partial charge in [0.2, 0.25) is 0 Å². The summed E-state index contributed by atoms with van der Waals surface area (Å²) in [6.07, 6.45) is 9.47. The second-order valence-electron chi connectivity index (χ2n) is 16.0. The Labute approximate surface area is 325 Å². The Kier molecular flexibility index (Phi) is 13.1. The van der Waals surface area contributed by atoms with Crippen LogP contribution in [0.4, 0.5) is 0 Å². The van der Waals surface area contributed by atoms with Crippen molar-refractivity contribution in [1.82, 2.24) is 0 Å². The van der Waals surface area contributed by atoms with Gasteiger partial charge < -0.3 is 24.8 Å². The Morgan fingerprint density at radius 2 is 1.37 bits per heavy atom. The van der Waals surface area contributed by atoms with Crippen molar-refractivity contribution in [3.63, 3.8) is 0 Å². The van der Waals surface area contributed by atoms with Gasteiger partial charge in [0, 0.05) is 5.41 Å². The molecule has 0 amide bonds. The van der Waals surface area contributed by atoms with E-state index in [0.717, 1.165) is 12.8 Å². The van der Waals surface area contributed by atoms with Crippen LogP contribution in [-0.4, -0.2) is 3.21 Å². The number of hydrogen-bond donors (Lipinski definition) is 0. The molecule has 0 atom stereocenters. The van der Waals surface area contributed by atoms with E-state index in [1.165, 1.54) is 109 Å². The summed E-state index contributed by atoms with van der Waals surface area (Å²) in [4.78, 5) is 0. The Morgan fingerprint density at radius 3 is 1.90 bits per heavy atom. The van der Waals surface area contributed by atoms with E-state index in [4.69, 9.17) is 0 Å². The number of halogens is 2. The van der Waals surface area contributed by atoms with Gasteiger partial charge in [-0.15, -0.1) is 11.6 Å². The predicted molar refractivity (Wildman–Crippen MR) is 202 cm³/mol. The minimum Gasteiger partial charge on any atom is -1.00 e. The minimum atomic E-state index is 0. The molecule has 49 heavy (non-hydrogen) atoms. The molecule has 0 nitrogen and oxygen atoms in total. The molecule has 3 aliphatic rings. The molecule has 3 aliphatic carbocycles.